The van der Waals surface area contributed by atoms with E-state index in [4.69, 9.17) is 15.1 Å². The van der Waals surface area contributed by atoms with Crippen LogP contribution >= 0.6 is 0 Å². The van der Waals surface area contributed by atoms with Gasteiger partial charge >= 0.3 is 0 Å². The van der Waals surface area contributed by atoms with Crippen LogP contribution in [0.2, 0.25) is 0 Å². The van der Waals surface area contributed by atoms with Crippen molar-refractivity contribution in [1.29, 1.82) is 0 Å². The molecule has 0 amide bonds. The monoisotopic (exact) mass is 380 g/mol. The molecule has 0 fully saturated rings. The van der Waals surface area contributed by atoms with Gasteiger partial charge in [-0.25, -0.2) is 9.97 Å². The predicted octanol–water partition coefficient (Wildman–Crippen LogP) is 4.56. The van der Waals surface area contributed by atoms with E-state index in [-0.39, 0.29) is 0 Å². The van der Waals surface area contributed by atoms with Gasteiger partial charge in [0.25, 0.3) is 0 Å². The largest absolute Gasteiger partial charge is 0.354 e. The molecule has 5 rings (SSSR count). The number of hydrogen-bond acceptors (Lipinski definition) is 5. The van der Waals surface area contributed by atoms with Crippen molar-refractivity contribution in [2.45, 2.75) is 12.8 Å². The molecule has 0 aliphatic heterocycles. The fourth-order valence-corrected chi connectivity index (χ4v) is 3.44. The van der Waals surface area contributed by atoms with Crippen LogP contribution in [-0.4, -0.2) is 31.1 Å². The van der Waals surface area contributed by atoms with Crippen LogP contribution in [0.4, 0.5) is 5.95 Å². The fraction of sp³-hybridized carbons (Fsp3) is 0.130. The maximum atomic E-state index is 4.81. The van der Waals surface area contributed by atoms with Gasteiger partial charge in [0.1, 0.15) is 0 Å². The van der Waals surface area contributed by atoms with E-state index in [0.717, 1.165) is 28.7 Å². The van der Waals surface area contributed by atoms with Crippen molar-refractivity contribution in [3.63, 3.8) is 0 Å². The first-order valence-electron chi connectivity index (χ1n) is 9.64. The highest BCUT2D eigenvalue weighted by atomic mass is 15.4. The lowest BCUT2D eigenvalue weighted by Gasteiger charge is -2.14. The minimum Gasteiger partial charge on any atom is -0.354 e. The van der Waals surface area contributed by atoms with E-state index in [1.165, 1.54) is 5.56 Å². The van der Waals surface area contributed by atoms with Crippen molar-refractivity contribution in [3.05, 3.63) is 84.7 Å². The molecule has 0 aliphatic rings. The summed E-state index contributed by atoms with van der Waals surface area (Å²) in [5.74, 6) is 1.68. The molecule has 3 heterocycles. The summed E-state index contributed by atoms with van der Waals surface area (Å²) in [7, 11) is 0. The van der Waals surface area contributed by atoms with Crippen LogP contribution in [0.25, 0.3) is 27.9 Å². The number of nitrogens with one attached hydrogen (secondary N) is 1. The van der Waals surface area contributed by atoms with Crippen molar-refractivity contribution in [1.82, 2.24) is 24.6 Å². The summed E-state index contributed by atoms with van der Waals surface area (Å²) in [6.45, 7) is 2.94. The van der Waals surface area contributed by atoms with Crippen LogP contribution in [0.3, 0.4) is 0 Å². The Bertz CT molecular complexity index is 1260. The third kappa shape index (κ3) is 3.29. The second kappa shape index (κ2) is 7.31. The molecule has 142 valence electrons. The summed E-state index contributed by atoms with van der Waals surface area (Å²) in [6, 6.07) is 22.3. The molecule has 0 radical (unpaired) electrons. The van der Waals surface area contributed by atoms with E-state index in [2.05, 4.69) is 41.5 Å². The molecule has 0 aliphatic carbocycles. The highest BCUT2D eigenvalue weighted by molar-refractivity contribution is 5.92. The molecular weight excluding hydrogens is 360 g/mol. The molecule has 2 aromatic carbocycles. The Balaban J connectivity index is 1.57. The number of benzene rings is 2. The van der Waals surface area contributed by atoms with Crippen molar-refractivity contribution in [2.24, 2.45) is 0 Å². The Labute approximate surface area is 168 Å². The van der Waals surface area contributed by atoms with Crippen LogP contribution in [-0.2, 0) is 0 Å². The Morgan fingerprint density at radius 2 is 1.66 bits per heavy atom. The Morgan fingerprint density at radius 1 is 0.897 bits per heavy atom. The van der Waals surface area contributed by atoms with Crippen LogP contribution in [0, 0.1) is 0 Å². The Hall–Kier alpha value is -3.80. The highest BCUT2D eigenvalue weighted by Gasteiger charge is 2.15. The van der Waals surface area contributed by atoms with Crippen molar-refractivity contribution < 1.29 is 0 Å². The topological polar surface area (TPSA) is 68.0 Å². The summed E-state index contributed by atoms with van der Waals surface area (Å²) in [6.07, 6.45) is 3.50. The number of pyridine rings is 1. The van der Waals surface area contributed by atoms with Gasteiger partial charge in [-0.1, -0.05) is 49.4 Å². The third-order valence-corrected chi connectivity index (χ3v) is 5.05. The van der Waals surface area contributed by atoms with Crippen LogP contribution in [0.15, 0.2) is 79.1 Å². The quantitative estimate of drug-likeness (QED) is 0.484. The average Bonchev–Trinajstić information content (AvgIpc) is 3.24. The summed E-state index contributed by atoms with van der Waals surface area (Å²) in [5.41, 5.74) is 3.89. The zero-order valence-electron chi connectivity index (χ0n) is 16.0. The first-order chi connectivity index (χ1) is 14.3. The number of aromatic nitrogens is 5. The molecular formula is C23H20N6. The van der Waals surface area contributed by atoms with Crippen molar-refractivity contribution in [3.8, 4) is 11.4 Å². The smallest absolute Gasteiger partial charge is 0.226 e. The van der Waals surface area contributed by atoms with Gasteiger partial charge in [0.05, 0.1) is 5.52 Å². The lowest BCUT2D eigenvalue weighted by molar-refractivity contribution is 0.788. The maximum Gasteiger partial charge on any atom is 0.226 e. The summed E-state index contributed by atoms with van der Waals surface area (Å²) in [4.78, 5) is 13.7. The molecule has 1 atom stereocenters. The SMILES string of the molecule is C[C@H](CNc1nc2ccccc2c2nc(-c3ccncc3)nn12)c1ccccc1. The number of nitrogens with zero attached hydrogens (tertiary/aromatic N) is 5. The number of para-hydroxylation sites is 1. The summed E-state index contributed by atoms with van der Waals surface area (Å²) in [5, 5.41) is 9.19. The molecule has 0 bridgehead atoms. The van der Waals surface area contributed by atoms with E-state index in [1.807, 2.05) is 42.5 Å². The van der Waals surface area contributed by atoms with Gasteiger partial charge in [-0.3, -0.25) is 4.98 Å². The molecule has 0 saturated carbocycles. The predicted molar refractivity (Wildman–Crippen MR) is 115 cm³/mol. The third-order valence-electron chi connectivity index (χ3n) is 5.05. The first-order valence-corrected chi connectivity index (χ1v) is 9.64. The highest BCUT2D eigenvalue weighted by Crippen LogP contribution is 2.24. The molecule has 0 unspecified atom stereocenters. The summed E-state index contributed by atoms with van der Waals surface area (Å²) >= 11 is 0. The lowest BCUT2D eigenvalue weighted by atomic mass is 10.0. The normalized spacial score (nSPS) is 12.3. The number of hydrogen-bond donors (Lipinski definition) is 1. The van der Waals surface area contributed by atoms with E-state index in [9.17, 15) is 0 Å². The van der Waals surface area contributed by atoms with Crippen molar-refractivity contribution >= 4 is 22.5 Å². The second-order valence-electron chi connectivity index (χ2n) is 7.05. The number of rotatable bonds is 5. The molecule has 0 spiro atoms. The van der Waals surface area contributed by atoms with Crippen LogP contribution < -0.4 is 5.32 Å². The van der Waals surface area contributed by atoms with Gasteiger partial charge in [-0.05, 0) is 35.7 Å². The van der Waals surface area contributed by atoms with E-state index < -0.39 is 0 Å². The van der Waals surface area contributed by atoms with Gasteiger partial charge in [-0.15, -0.1) is 5.10 Å². The molecule has 6 nitrogen and oxygen atoms in total. The summed E-state index contributed by atoms with van der Waals surface area (Å²) < 4.78 is 1.80. The van der Waals surface area contributed by atoms with E-state index >= 15 is 0 Å². The van der Waals surface area contributed by atoms with E-state index in [0.29, 0.717) is 17.7 Å². The minimum absolute atomic E-state index is 0.336. The fourth-order valence-electron chi connectivity index (χ4n) is 3.44. The molecule has 29 heavy (non-hydrogen) atoms. The van der Waals surface area contributed by atoms with Gasteiger partial charge in [0, 0.05) is 29.9 Å². The zero-order valence-corrected chi connectivity index (χ0v) is 16.0. The van der Waals surface area contributed by atoms with Gasteiger partial charge in [0.15, 0.2) is 11.5 Å². The Kier molecular flexibility index (Phi) is 4.37. The zero-order chi connectivity index (χ0) is 19.6. The van der Waals surface area contributed by atoms with Gasteiger partial charge < -0.3 is 5.32 Å². The van der Waals surface area contributed by atoms with Crippen molar-refractivity contribution in [2.75, 3.05) is 11.9 Å². The van der Waals surface area contributed by atoms with Crippen LogP contribution in [0.1, 0.15) is 18.4 Å². The second-order valence-corrected chi connectivity index (χ2v) is 7.05. The van der Waals surface area contributed by atoms with E-state index in [1.54, 1.807) is 16.9 Å². The molecule has 6 heteroatoms. The first kappa shape index (κ1) is 17.3. The molecule has 0 saturated heterocycles. The Morgan fingerprint density at radius 3 is 2.48 bits per heavy atom. The number of fused-ring (bicyclic) bond motifs is 3. The van der Waals surface area contributed by atoms with Gasteiger partial charge in [-0.2, -0.15) is 4.52 Å². The maximum absolute atomic E-state index is 4.81. The molecule has 3 aromatic heterocycles. The standard InChI is InChI=1S/C23H20N6/c1-16(17-7-3-2-4-8-17)15-25-23-26-20-10-6-5-9-19(20)22-27-21(28-29(22)23)18-11-13-24-14-12-18/h2-14,16H,15H2,1H3,(H,25,26)/t16-/m1/s1. The van der Waals surface area contributed by atoms with Crippen LogP contribution in [0.5, 0.6) is 0 Å². The lowest BCUT2D eigenvalue weighted by Crippen LogP contribution is -2.14. The molecule has 5 aromatic rings. The van der Waals surface area contributed by atoms with Gasteiger partial charge in [0.2, 0.25) is 5.95 Å². The minimum atomic E-state index is 0.336. The average molecular weight is 380 g/mol. The number of anilines is 1. The molecule has 1 N–H and O–H groups in total.